The minimum atomic E-state index is 0.146. The number of amides is 1. The third-order valence-corrected chi connectivity index (χ3v) is 5.62. The number of aryl methyl sites for hydroxylation is 1. The first-order chi connectivity index (χ1) is 14.1. The van der Waals surface area contributed by atoms with Gasteiger partial charge in [-0.1, -0.05) is 23.7 Å². The Morgan fingerprint density at radius 1 is 1.21 bits per heavy atom. The summed E-state index contributed by atoms with van der Waals surface area (Å²) in [4.78, 5) is 18.9. The Balaban J connectivity index is 1.30. The highest BCUT2D eigenvalue weighted by Crippen LogP contribution is 2.29. The number of aromatic nitrogens is 1. The third kappa shape index (κ3) is 4.62. The first-order valence-corrected chi connectivity index (χ1v) is 10.1. The fourth-order valence-electron chi connectivity index (χ4n) is 3.68. The van der Waals surface area contributed by atoms with Gasteiger partial charge in [-0.15, -0.1) is 0 Å². The predicted molar refractivity (Wildman–Crippen MR) is 112 cm³/mol. The minimum absolute atomic E-state index is 0.146. The van der Waals surface area contributed by atoms with Crippen LogP contribution in [0.1, 0.15) is 30.2 Å². The molecule has 1 fully saturated rings. The molecule has 3 aromatic rings. The smallest absolute Gasteiger partial charge is 0.223 e. The highest BCUT2D eigenvalue weighted by Gasteiger charge is 2.27. The second kappa shape index (κ2) is 8.70. The molecule has 0 N–H and O–H groups in total. The van der Waals surface area contributed by atoms with Crippen molar-refractivity contribution in [1.29, 1.82) is 0 Å². The van der Waals surface area contributed by atoms with Crippen LogP contribution in [0.25, 0.3) is 11.3 Å². The number of methoxy groups -OCH3 is 1. The number of oxazole rings is 1. The van der Waals surface area contributed by atoms with Crippen molar-refractivity contribution < 1.29 is 13.9 Å². The molecule has 1 amide bonds. The molecule has 1 saturated heterocycles. The molecular weight excluding hydrogens is 388 g/mol. The van der Waals surface area contributed by atoms with Crippen molar-refractivity contribution in [2.24, 2.45) is 0 Å². The molecule has 2 aromatic carbocycles. The predicted octanol–water partition coefficient (Wildman–Crippen LogP) is 4.95. The van der Waals surface area contributed by atoms with E-state index >= 15 is 0 Å². The van der Waals surface area contributed by atoms with Gasteiger partial charge in [-0.3, -0.25) is 4.79 Å². The molecule has 1 aromatic heterocycles. The van der Waals surface area contributed by atoms with Crippen LogP contribution in [0.5, 0.6) is 5.75 Å². The SMILES string of the molecule is COc1ccc(C2CCN(C(=O)CCc3ncc(-c4ccc(Cl)cc4)o3)C2)cc1. The van der Waals surface area contributed by atoms with Gasteiger partial charge in [0.15, 0.2) is 11.7 Å². The van der Waals surface area contributed by atoms with Gasteiger partial charge in [-0.2, -0.15) is 0 Å². The number of nitrogens with zero attached hydrogens (tertiary/aromatic N) is 2. The molecule has 0 bridgehead atoms. The highest BCUT2D eigenvalue weighted by atomic mass is 35.5. The van der Waals surface area contributed by atoms with E-state index in [1.165, 1.54) is 5.56 Å². The largest absolute Gasteiger partial charge is 0.497 e. The number of rotatable bonds is 6. The lowest BCUT2D eigenvalue weighted by Gasteiger charge is -2.16. The average molecular weight is 411 g/mol. The van der Waals surface area contributed by atoms with Gasteiger partial charge < -0.3 is 14.1 Å². The number of ether oxygens (including phenoxy) is 1. The fourth-order valence-corrected chi connectivity index (χ4v) is 3.81. The molecule has 0 aliphatic carbocycles. The Labute approximate surface area is 175 Å². The number of hydrogen-bond donors (Lipinski definition) is 0. The molecule has 1 atom stereocenters. The van der Waals surface area contributed by atoms with Crippen molar-refractivity contribution in [1.82, 2.24) is 9.88 Å². The topological polar surface area (TPSA) is 55.6 Å². The zero-order valence-corrected chi connectivity index (χ0v) is 17.1. The van der Waals surface area contributed by atoms with Gasteiger partial charge in [-0.25, -0.2) is 4.98 Å². The second-order valence-corrected chi connectivity index (χ2v) is 7.66. The maximum Gasteiger partial charge on any atom is 0.223 e. The summed E-state index contributed by atoms with van der Waals surface area (Å²) in [6.45, 7) is 1.55. The van der Waals surface area contributed by atoms with Gasteiger partial charge in [0.1, 0.15) is 5.75 Å². The van der Waals surface area contributed by atoms with E-state index < -0.39 is 0 Å². The van der Waals surface area contributed by atoms with Crippen LogP contribution < -0.4 is 4.74 Å². The summed E-state index contributed by atoms with van der Waals surface area (Å²) in [6, 6.07) is 15.5. The summed E-state index contributed by atoms with van der Waals surface area (Å²) in [6.07, 6.45) is 3.57. The second-order valence-electron chi connectivity index (χ2n) is 7.22. The molecule has 29 heavy (non-hydrogen) atoms. The normalized spacial score (nSPS) is 16.2. The van der Waals surface area contributed by atoms with Crippen LogP contribution in [-0.4, -0.2) is 36.0 Å². The van der Waals surface area contributed by atoms with Crippen LogP contribution in [-0.2, 0) is 11.2 Å². The molecule has 0 spiro atoms. The first-order valence-electron chi connectivity index (χ1n) is 9.75. The van der Waals surface area contributed by atoms with Gasteiger partial charge in [0.05, 0.1) is 13.3 Å². The van der Waals surface area contributed by atoms with Crippen molar-refractivity contribution >= 4 is 17.5 Å². The minimum Gasteiger partial charge on any atom is -0.497 e. The van der Waals surface area contributed by atoms with Crippen LogP contribution in [0.15, 0.2) is 59.1 Å². The van der Waals surface area contributed by atoms with E-state index in [4.69, 9.17) is 20.8 Å². The highest BCUT2D eigenvalue weighted by molar-refractivity contribution is 6.30. The number of carbonyl (C=O) groups is 1. The third-order valence-electron chi connectivity index (χ3n) is 5.36. The molecule has 0 saturated carbocycles. The Kier molecular flexibility index (Phi) is 5.86. The number of halogens is 1. The van der Waals surface area contributed by atoms with Gasteiger partial charge in [0.2, 0.25) is 5.91 Å². The van der Waals surface area contributed by atoms with Gasteiger partial charge in [0.25, 0.3) is 0 Å². The lowest BCUT2D eigenvalue weighted by molar-refractivity contribution is -0.130. The lowest BCUT2D eigenvalue weighted by Crippen LogP contribution is -2.28. The van der Waals surface area contributed by atoms with Crippen LogP contribution in [0.3, 0.4) is 0 Å². The van der Waals surface area contributed by atoms with Crippen molar-refractivity contribution in [3.63, 3.8) is 0 Å². The van der Waals surface area contributed by atoms with Gasteiger partial charge in [0, 0.05) is 42.4 Å². The lowest BCUT2D eigenvalue weighted by atomic mass is 9.98. The van der Waals surface area contributed by atoms with E-state index in [-0.39, 0.29) is 5.91 Å². The first kappa shape index (κ1) is 19.5. The van der Waals surface area contributed by atoms with Gasteiger partial charge in [-0.05, 0) is 48.4 Å². The average Bonchev–Trinajstić information content (AvgIpc) is 3.43. The molecular formula is C23H23ClN2O3. The Hall–Kier alpha value is -2.79. The summed E-state index contributed by atoms with van der Waals surface area (Å²) in [5.74, 6) is 2.64. The number of carbonyl (C=O) groups excluding carboxylic acids is 1. The Morgan fingerprint density at radius 3 is 2.69 bits per heavy atom. The molecule has 1 unspecified atom stereocenters. The van der Waals surface area contributed by atoms with Crippen molar-refractivity contribution in [2.45, 2.75) is 25.2 Å². The van der Waals surface area contributed by atoms with Crippen LogP contribution >= 0.6 is 11.6 Å². The zero-order valence-electron chi connectivity index (χ0n) is 16.3. The van der Waals surface area contributed by atoms with Gasteiger partial charge >= 0.3 is 0 Å². The van der Waals surface area contributed by atoms with E-state index in [0.29, 0.717) is 35.4 Å². The maximum atomic E-state index is 12.6. The molecule has 5 nitrogen and oxygen atoms in total. The number of hydrogen-bond acceptors (Lipinski definition) is 4. The van der Waals surface area contributed by atoms with Crippen molar-refractivity contribution in [3.8, 4) is 17.1 Å². The summed E-state index contributed by atoms with van der Waals surface area (Å²) in [7, 11) is 1.66. The van der Waals surface area contributed by atoms with Crippen LogP contribution in [0.4, 0.5) is 0 Å². The molecule has 2 heterocycles. The van der Waals surface area contributed by atoms with Crippen molar-refractivity contribution in [2.75, 3.05) is 20.2 Å². The maximum absolute atomic E-state index is 12.6. The summed E-state index contributed by atoms with van der Waals surface area (Å²) >= 11 is 5.92. The van der Waals surface area contributed by atoms with Crippen molar-refractivity contribution in [3.05, 3.63) is 71.2 Å². The monoisotopic (exact) mass is 410 g/mol. The van der Waals surface area contributed by atoms with E-state index in [2.05, 4.69) is 17.1 Å². The van der Waals surface area contributed by atoms with E-state index in [1.807, 2.05) is 41.3 Å². The number of likely N-dealkylation sites (tertiary alicyclic amines) is 1. The van der Waals surface area contributed by atoms with E-state index in [0.717, 1.165) is 30.8 Å². The fraction of sp³-hybridized carbons (Fsp3) is 0.304. The Morgan fingerprint density at radius 2 is 1.97 bits per heavy atom. The Bertz CT molecular complexity index is 967. The molecule has 4 rings (SSSR count). The quantitative estimate of drug-likeness (QED) is 0.576. The van der Waals surface area contributed by atoms with E-state index in [9.17, 15) is 4.79 Å². The summed E-state index contributed by atoms with van der Waals surface area (Å²) in [5.41, 5.74) is 2.17. The number of benzene rings is 2. The standard InChI is InChI=1S/C23H23ClN2O3/c1-28-20-8-4-16(5-9-20)18-12-13-26(15-18)23(27)11-10-22-25-14-21(29-22)17-2-6-19(24)7-3-17/h2-9,14,18H,10-13,15H2,1H3. The molecule has 1 aliphatic rings. The van der Waals surface area contributed by atoms with E-state index in [1.54, 1.807) is 13.3 Å². The zero-order chi connectivity index (χ0) is 20.2. The molecule has 150 valence electrons. The van der Waals surface area contributed by atoms with Crippen LogP contribution in [0, 0.1) is 0 Å². The molecule has 6 heteroatoms. The molecule has 1 aliphatic heterocycles. The van der Waals surface area contributed by atoms with Crippen LogP contribution in [0.2, 0.25) is 5.02 Å². The summed E-state index contributed by atoms with van der Waals surface area (Å²) in [5, 5.41) is 0.678. The molecule has 0 radical (unpaired) electrons. The summed E-state index contributed by atoms with van der Waals surface area (Å²) < 4.78 is 11.0.